The van der Waals surface area contributed by atoms with Gasteiger partial charge in [0.05, 0.1) is 12.1 Å². The van der Waals surface area contributed by atoms with Crippen molar-refractivity contribution in [2.45, 2.75) is 72.1 Å². The lowest BCUT2D eigenvalue weighted by Gasteiger charge is -2.16. The number of benzene rings is 2. The molecule has 174 valence electrons. The number of halogens is 1. The van der Waals surface area contributed by atoms with E-state index in [9.17, 15) is 4.79 Å². The molecule has 0 fully saturated rings. The second kappa shape index (κ2) is 15.5. The van der Waals surface area contributed by atoms with E-state index < -0.39 is 0 Å². The quantitative estimate of drug-likeness (QED) is 0.101. The standard InChI is InChI=1S/C28H39BrNOP/c1-4-7-12-22-14-11-15-23(13-8-5-2)28(22)27(31)21-26(30-18-20-32-19-6-3)24-16-9-10-17-25(24)29/h9-11,14-17,32H,4-8,12-13,18-21H2,1-3H3. The summed E-state index contributed by atoms with van der Waals surface area (Å²) in [6.07, 6.45) is 10.4. The summed E-state index contributed by atoms with van der Waals surface area (Å²) in [6.45, 7) is 7.44. The second-order valence-corrected chi connectivity index (χ2v) is 10.7. The number of aryl methyl sites for hydroxylation is 2. The van der Waals surface area contributed by atoms with E-state index in [0.717, 1.165) is 81.1 Å². The summed E-state index contributed by atoms with van der Waals surface area (Å²) in [5.41, 5.74) is 5.33. The molecule has 0 aliphatic heterocycles. The predicted molar refractivity (Wildman–Crippen MR) is 146 cm³/mol. The zero-order valence-corrected chi connectivity index (χ0v) is 22.6. The van der Waals surface area contributed by atoms with Crippen molar-refractivity contribution in [2.75, 3.05) is 18.9 Å². The highest BCUT2D eigenvalue weighted by molar-refractivity contribution is 9.10. The Hall–Kier alpha value is -1.31. The van der Waals surface area contributed by atoms with Gasteiger partial charge in [-0.2, -0.15) is 0 Å². The monoisotopic (exact) mass is 515 g/mol. The molecular weight excluding hydrogens is 477 g/mol. The number of aliphatic imine (C=N–C) groups is 1. The fourth-order valence-electron chi connectivity index (χ4n) is 3.91. The van der Waals surface area contributed by atoms with Gasteiger partial charge in [0.1, 0.15) is 0 Å². The average molecular weight is 517 g/mol. The summed E-state index contributed by atoms with van der Waals surface area (Å²) in [5.74, 6) is 0.216. The van der Waals surface area contributed by atoms with E-state index in [1.807, 2.05) is 18.2 Å². The molecule has 0 aromatic heterocycles. The van der Waals surface area contributed by atoms with Gasteiger partial charge in [0.2, 0.25) is 0 Å². The van der Waals surface area contributed by atoms with Crippen LogP contribution in [0.4, 0.5) is 0 Å². The molecule has 0 aliphatic carbocycles. The van der Waals surface area contributed by atoms with Gasteiger partial charge in [-0.05, 0) is 55.2 Å². The van der Waals surface area contributed by atoms with Gasteiger partial charge in [0.25, 0.3) is 0 Å². The molecule has 2 aromatic carbocycles. The van der Waals surface area contributed by atoms with Crippen LogP contribution in [0, 0.1) is 0 Å². The smallest absolute Gasteiger partial charge is 0.169 e. The first kappa shape index (κ1) is 26.9. The zero-order valence-electron chi connectivity index (χ0n) is 20.1. The van der Waals surface area contributed by atoms with E-state index in [0.29, 0.717) is 6.42 Å². The molecule has 2 nitrogen and oxygen atoms in total. The lowest BCUT2D eigenvalue weighted by molar-refractivity contribution is 0.0998. The van der Waals surface area contributed by atoms with E-state index in [4.69, 9.17) is 4.99 Å². The molecule has 0 aliphatic rings. The number of ketones is 1. The third-order valence-corrected chi connectivity index (χ3v) is 7.77. The maximum absolute atomic E-state index is 13.7. The summed E-state index contributed by atoms with van der Waals surface area (Å²) in [5, 5.41) is 0. The summed E-state index contributed by atoms with van der Waals surface area (Å²) < 4.78 is 1.01. The Morgan fingerprint density at radius 2 is 1.53 bits per heavy atom. The lowest BCUT2D eigenvalue weighted by Crippen LogP contribution is -2.15. The molecule has 0 heterocycles. The van der Waals surface area contributed by atoms with Crippen LogP contribution in [0.2, 0.25) is 0 Å². The summed E-state index contributed by atoms with van der Waals surface area (Å²) in [4.78, 5) is 18.7. The predicted octanol–water partition coefficient (Wildman–Crippen LogP) is 8.28. The Morgan fingerprint density at radius 3 is 2.12 bits per heavy atom. The van der Waals surface area contributed by atoms with E-state index in [2.05, 4.69) is 61.0 Å². The summed E-state index contributed by atoms with van der Waals surface area (Å²) >= 11 is 3.68. The van der Waals surface area contributed by atoms with Crippen molar-refractivity contribution >= 4 is 36.0 Å². The molecule has 0 saturated heterocycles. The first-order valence-corrected chi connectivity index (χ1v) is 14.5. The number of hydrogen-bond acceptors (Lipinski definition) is 2. The van der Waals surface area contributed by atoms with E-state index in [1.54, 1.807) is 0 Å². The van der Waals surface area contributed by atoms with E-state index >= 15 is 0 Å². The zero-order chi connectivity index (χ0) is 23.2. The Morgan fingerprint density at radius 1 is 0.875 bits per heavy atom. The molecule has 0 spiro atoms. The van der Waals surface area contributed by atoms with Crippen molar-refractivity contribution in [3.63, 3.8) is 0 Å². The topological polar surface area (TPSA) is 29.4 Å². The van der Waals surface area contributed by atoms with Crippen LogP contribution in [0.5, 0.6) is 0 Å². The highest BCUT2D eigenvalue weighted by Crippen LogP contribution is 2.24. The van der Waals surface area contributed by atoms with Crippen LogP contribution in [0.1, 0.15) is 86.3 Å². The van der Waals surface area contributed by atoms with Crippen molar-refractivity contribution in [1.82, 2.24) is 0 Å². The van der Waals surface area contributed by atoms with Crippen LogP contribution in [-0.4, -0.2) is 30.4 Å². The normalized spacial score (nSPS) is 12.1. The minimum Gasteiger partial charge on any atom is -0.294 e. The largest absolute Gasteiger partial charge is 0.294 e. The third-order valence-electron chi connectivity index (χ3n) is 5.65. The second-order valence-electron chi connectivity index (χ2n) is 8.32. The lowest BCUT2D eigenvalue weighted by atomic mass is 9.89. The van der Waals surface area contributed by atoms with Crippen molar-refractivity contribution in [3.8, 4) is 0 Å². The van der Waals surface area contributed by atoms with Crippen molar-refractivity contribution < 1.29 is 4.79 Å². The molecule has 1 atom stereocenters. The molecule has 0 bridgehead atoms. The molecular formula is C28H39BrNOP. The van der Waals surface area contributed by atoms with Gasteiger partial charge >= 0.3 is 0 Å². The van der Waals surface area contributed by atoms with Gasteiger partial charge in [0, 0.05) is 22.1 Å². The fraction of sp³-hybridized carbons (Fsp3) is 0.500. The number of hydrogen-bond donors (Lipinski definition) is 0. The number of carbonyl (C=O) groups is 1. The minimum atomic E-state index is 0.216. The van der Waals surface area contributed by atoms with Crippen LogP contribution < -0.4 is 0 Å². The molecule has 4 heteroatoms. The van der Waals surface area contributed by atoms with Crippen LogP contribution >= 0.6 is 24.5 Å². The SMILES string of the molecule is CCCCc1cccc(CCCC)c1C(=O)CC(=NCCPCCC)c1ccccc1Br. The summed E-state index contributed by atoms with van der Waals surface area (Å²) in [7, 11) is 0.947. The molecule has 2 rings (SSSR count). The number of Topliss-reactive ketones (excluding diaryl/α,β-unsaturated/α-hetero) is 1. The molecule has 0 N–H and O–H groups in total. The highest BCUT2D eigenvalue weighted by atomic mass is 79.9. The van der Waals surface area contributed by atoms with Gasteiger partial charge in [-0.3, -0.25) is 9.79 Å². The molecule has 0 radical (unpaired) electrons. The van der Waals surface area contributed by atoms with Gasteiger partial charge in [-0.15, -0.1) is 8.58 Å². The van der Waals surface area contributed by atoms with E-state index in [-0.39, 0.29) is 5.78 Å². The first-order valence-electron chi connectivity index (χ1n) is 12.2. The number of unbranched alkanes of at least 4 members (excludes halogenated alkanes) is 2. The maximum atomic E-state index is 13.7. The number of rotatable bonds is 15. The van der Waals surface area contributed by atoms with Crippen molar-refractivity contribution in [1.29, 1.82) is 0 Å². The number of nitrogens with zero attached hydrogens (tertiary/aromatic N) is 1. The average Bonchev–Trinajstić information content (AvgIpc) is 2.80. The molecule has 1 unspecified atom stereocenters. The highest BCUT2D eigenvalue weighted by Gasteiger charge is 2.19. The minimum absolute atomic E-state index is 0.216. The molecule has 0 amide bonds. The van der Waals surface area contributed by atoms with Crippen LogP contribution in [0.15, 0.2) is 51.9 Å². The van der Waals surface area contributed by atoms with Gasteiger partial charge in [-0.25, -0.2) is 0 Å². The van der Waals surface area contributed by atoms with Crippen LogP contribution in [0.25, 0.3) is 0 Å². The van der Waals surface area contributed by atoms with Gasteiger partial charge in [-0.1, -0.05) is 92.4 Å². The number of carbonyl (C=O) groups excluding carboxylic acids is 1. The third kappa shape index (κ3) is 8.56. The molecule has 0 saturated carbocycles. The first-order chi connectivity index (χ1) is 15.6. The molecule has 2 aromatic rings. The Kier molecular flexibility index (Phi) is 13.1. The van der Waals surface area contributed by atoms with Crippen molar-refractivity contribution in [2.24, 2.45) is 4.99 Å². The van der Waals surface area contributed by atoms with Crippen LogP contribution in [0.3, 0.4) is 0 Å². The van der Waals surface area contributed by atoms with Gasteiger partial charge < -0.3 is 0 Å². The Labute approximate surface area is 205 Å². The Balaban J connectivity index is 2.35. The fourth-order valence-corrected chi connectivity index (χ4v) is 5.29. The molecule has 32 heavy (non-hydrogen) atoms. The maximum Gasteiger partial charge on any atom is 0.169 e. The summed E-state index contributed by atoms with van der Waals surface area (Å²) in [6, 6.07) is 14.6. The Bertz CT molecular complexity index is 851. The van der Waals surface area contributed by atoms with Crippen molar-refractivity contribution in [3.05, 3.63) is 69.2 Å². The van der Waals surface area contributed by atoms with E-state index in [1.165, 1.54) is 23.7 Å². The van der Waals surface area contributed by atoms with Crippen LogP contribution in [-0.2, 0) is 12.8 Å². The van der Waals surface area contributed by atoms with Gasteiger partial charge in [0.15, 0.2) is 5.78 Å².